The van der Waals surface area contributed by atoms with Crippen molar-refractivity contribution in [2.75, 3.05) is 6.54 Å². The summed E-state index contributed by atoms with van der Waals surface area (Å²) in [5, 5.41) is 9.01. The molecule has 0 unspecified atom stereocenters. The standard InChI is InChI=1S/C16H25NO3/c1-11(2)9-17(14-6-4-5-7-14)10-13-8-15(16(18)19)20-12(13)3/h8,11,14H,4-7,9-10H2,1-3H3,(H,18,19). The van der Waals surface area contributed by atoms with Crippen LogP contribution >= 0.6 is 0 Å². The van der Waals surface area contributed by atoms with Gasteiger partial charge in [0, 0.05) is 24.7 Å². The second kappa shape index (κ2) is 6.44. The van der Waals surface area contributed by atoms with Crippen molar-refractivity contribution in [1.82, 2.24) is 4.90 Å². The molecule has 4 heteroatoms. The fourth-order valence-corrected chi connectivity index (χ4v) is 3.08. The third kappa shape index (κ3) is 3.63. The molecule has 1 aliphatic carbocycles. The van der Waals surface area contributed by atoms with Gasteiger partial charge in [0.1, 0.15) is 5.76 Å². The lowest BCUT2D eigenvalue weighted by Crippen LogP contribution is -2.35. The molecular formula is C16H25NO3. The van der Waals surface area contributed by atoms with E-state index in [1.165, 1.54) is 25.7 Å². The molecule has 0 bridgehead atoms. The van der Waals surface area contributed by atoms with Crippen molar-refractivity contribution in [2.24, 2.45) is 5.92 Å². The Balaban J connectivity index is 2.11. The summed E-state index contributed by atoms with van der Waals surface area (Å²) in [6, 6.07) is 2.32. The average Bonchev–Trinajstić information content (AvgIpc) is 2.98. The van der Waals surface area contributed by atoms with Gasteiger partial charge in [0.2, 0.25) is 5.76 Å². The number of carboxylic acids is 1. The third-order valence-corrected chi connectivity index (χ3v) is 4.05. The predicted molar refractivity (Wildman–Crippen MR) is 77.9 cm³/mol. The van der Waals surface area contributed by atoms with Crippen molar-refractivity contribution >= 4 is 5.97 Å². The molecule has 4 nitrogen and oxygen atoms in total. The molecule has 2 rings (SSSR count). The molecule has 1 aromatic rings. The number of hydrogen-bond acceptors (Lipinski definition) is 3. The van der Waals surface area contributed by atoms with Crippen LogP contribution in [0.5, 0.6) is 0 Å². The van der Waals surface area contributed by atoms with Gasteiger partial charge in [-0.25, -0.2) is 4.79 Å². The summed E-state index contributed by atoms with van der Waals surface area (Å²) in [7, 11) is 0. The number of carbonyl (C=O) groups is 1. The van der Waals surface area contributed by atoms with Gasteiger partial charge in [-0.1, -0.05) is 26.7 Å². The minimum Gasteiger partial charge on any atom is -0.475 e. The monoisotopic (exact) mass is 279 g/mol. The maximum Gasteiger partial charge on any atom is 0.371 e. The van der Waals surface area contributed by atoms with E-state index in [-0.39, 0.29) is 5.76 Å². The van der Waals surface area contributed by atoms with Crippen LogP contribution in [0.3, 0.4) is 0 Å². The molecule has 1 saturated carbocycles. The Morgan fingerprint density at radius 3 is 2.60 bits per heavy atom. The van der Waals surface area contributed by atoms with E-state index in [0.29, 0.717) is 12.0 Å². The Kier molecular flexibility index (Phi) is 4.86. The van der Waals surface area contributed by atoms with Crippen molar-refractivity contribution in [1.29, 1.82) is 0 Å². The molecule has 1 aliphatic rings. The average molecular weight is 279 g/mol. The van der Waals surface area contributed by atoms with Gasteiger partial charge in [-0.2, -0.15) is 0 Å². The summed E-state index contributed by atoms with van der Waals surface area (Å²) in [5.74, 6) is 0.403. The van der Waals surface area contributed by atoms with Crippen molar-refractivity contribution in [2.45, 2.75) is 59.0 Å². The molecule has 1 N–H and O–H groups in total. The first kappa shape index (κ1) is 15.1. The molecule has 0 radical (unpaired) electrons. The van der Waals surface area contributed by atoms with Crippen LogP contribution in [-0.4, -0.2) is 28.6 Å². The second-order valence-electron chi connectivity index (χ2n) is 6.26. The third-order valence-electron chi connectivity index (χ3n) is 4.05. The fraction of sp³-hybridized carbons (Fsp3) is 0.688. The number of aromatic carboxylic acids is 1. The van der Waals surface area contributed by atoms with Gasteiger partial charge in [0.25, 0.3) is 0 Å². The SMILES string of the molecule is Cc1oc(C(=O)O)cc1CN(CC(C)C)C1CCCC1. The van der Waals surface area contributed by atoms with Gasteiger partial charge < -0.3 is 9.52 Å². The molecule has 1 aromatic heterocycles. The van der Waals surface area contributed by atoms with Gasteiger partial charge in [0.15, 0.2) is 0 Å². The molecule has 0 atom stereocenters. The maximum atomic E-state index is 11.0. The van der Waals surface area contributed by atoms with Crippen molar-refractivity contribution in [3.8, 4) is 0 Å². The van der Waals surface area contributed by atoms with Gasteiger partial charge in [-0.15, -0.1) is 0 Å². The Bertz CT molecular complexity index is 458. The van der Waals surface area contributed by atoms with E-state index in [9.17, 15) is 4.79 Å². The molecule has 0 spiro atoms. The van der Waals surface area contributed by atoms with Crippen LogP contribution in [0.25, 0.3) is 0 Å². The molecule has 1 fully saturated rings. The van der Waals surface area contributed by atoms with E-state index in [1.807, 2.05) is 6.92 Å². The number of furan rings is 1. The topological polar surface area (TPSA) is 53.7 Å². The van der Waals surface area contributed by atoms with Gasteiger partial charge in [-0.3, -0.25) is 4.90 Å². The summed E-state index contributed by atoms with van der Waals surface area (Å²) >= 11 is 0. The highest BCUT2D eigenvalue weighted by molar-refractivity contribution is 5.84. The summed E-state index contributed by atoms with van der Waals surface area (Å²) in [5.41, 5.74) is 1.01. The lowest BCUT2D eigenvalue weighted by Gasteiger charge is -2.30. The minimum atomic E-state index is -0.990. The zero-order valence-corrected chi connectivity index (χ0v) is 12.7. The van der Waals surface area contributed by atoms with E-state index in [4.69, 9.17) is 9.52 Å². The number of nitrogens with zero attached hydrogens (tertiary/aromatic N) is 1. The van der Waals surface area contributed by atoms with Crippen LogP contribution in [0, 0.1) is 12.8 Å². The smallest absolute Gasteiger partial charge is 0.371 e. The first-order valence-corrected chi connectivity index (χ1v) is 7.54. The Hall–Kier alpha value is -1.29. The minimum absolute atomic E-state index is 0.0495. The van der Waals surface area contributed by atoms with Crippen LogP contribution in [0.1, 0.15) is 61.4 Å². The van der Waals surface area contributed by atoms with Crippen molar-refractivity contribution in [3.63, 3.8) is 0 Å². The molecule has 1 heterocycles. The molecule has 0 aromatic carbocycles. The molecule has 0 saturated heterocycles. The Labute approximate surface area is 120 Å². The van der Waals surface area contributed by atoms with Crippen LogP contribution in [0.2, 0.25) is 0 Å². The molecular weight excluding hydrogens is 254 g/mol. The second-order valence-corrected chi connectivity index (χ2v) is 6.26. The van der Waals surface area contributed by atoms with Gasteiger partial charge in [0.05, 0.1) is 0 Å². The largest absolute Gasteiger partial charge is 0.475 e. The van der Waals surface area contributed by atoms with Gasteiger partial charge >= 0.3 is 5.97 Å². The Morgan fingerprint density at radius 2 is 2.10 bits per heavy atom. The highest BCUT2D eigenvalue weighted by Gasteiger charge is 2.25. The summed E-state index contributed by atoms with van der Waals surface area (Å²) in [6.45, 7) is 8.16. The highest BCUT2D eigenvalue weighted by Crippen LogP contribution is 2.27. The van der Waals surface area contributed by atoms with Crippen molar-refractivity contribution in [3.05, 3.63) is 23.2 Å². The zero-order valence-electron chi connectivity index (χ0n) is 12.7. The summed E-state index contributed by atoms with van der Waals surface area (Å²) in [4.78, 5) is 13.5. The predicted octanol–water partition coefficient (Wildman–Crippen LogP) is 3.69. The lowest BCUT2D eigenvalue weighted by atomic mass is 10.1. The molecule has 0 aliphatic heterocycles. The first-order chi connectivity index (χ1) is 9.47. The molecule has 112 valence electrons. The van der Waals surface area contributed by atoms with E-state index >= 15 is 0 Å². The number of hydrogen-bond donors (Lipinski definition) is 1. The fourth-order valence-electron chi connectivity index (χ4n) is 3.08. The number of aryl methyl sites for hydroxylation is 1. The lowest BCUT2D eigenvalue weighted by molar-refractivity contribution is 0.0661. The van der Waals surface area contributed by atoms with E-state index < -0.39 is 5.97 Å². The zero-order chi connectivity index (χ0) is 14.7. The maximum absolute atomic E-state index is 11.0. The Morgan fingerprint density at radius 1 is 1.45 bits per heavy atom. The normalized spacial score (nSPS) is 16.4. The number of carboxylic acid groups (broad SMARTS) is 1. The van der Waals surface area contributed by atoms with E-state index in [2.05, 4.69) is 18.7 Å². The summed E-state index contributed by atoms with van der Waals surface area (Å²) in [6.07, 6.45) is 5.14. The molecule has 0 amide bonds. The first-order valence-electron chi connectivity index (χ1n) is 7.54. The highest BCUT2D eigenvalue weighted by atomic mass is 16.4. The van der Waals surface area contributed by atoms with Crippen LogP contribution < -0.4 is 0 Å². The van der Waals surface area contributed by atoms with E-state index in [0.717, 1.165) is 24.4 Å². The van der Waals surface area contributed by atoms with Crippen LogP contribution in [-0.2, 0) is 6.54 Å². The molecule has 20 heavy (non-hydrogen) atoms. The quantitative estimate of drug-likeness (QED) is 0.863. The van der Waals surface area contributed by atoms with E-state index in [1.54, 1.807) is 6.07 Å². The van der Waals surface area contributed by atoms with Crippen LogP contribution in [0.4, 0.5) is 0 Å². The number of rotatable bonds is 6. The van der Waals surface area contributed by atoms with Crippen LogP contribution in [0.15, 0.2) is 10.5 Å². The summed E-state index contributed by atoms with van der Waals surface area (Å²) < 4.78 is 5.32. The van der Waals surface area contributed by atoms with Crippen molar-refractivity contribution < 1.29 is 14.3 Å². The van der Waals surface area contributed by atoms with Gasteiger partial charge in [-0.05, 0) is 31.7 Å².